The number of halogens is 2. The molecule has 1 aromatic heterocycles. The molecule has 2 bridgehead atoms. The molecular weight excluding hydrogens is 401 g/mol. The lowest BCUT2D eigenvalue weighted by Gasteiger charge is -2.28. The van der Waals surface area contributed by atoms with Crippen molar-refractivity contribution in [1.29, 1.82) is 0 Å². The van der Waals surface area contributed by atoms with Crippen molar-refractivity contribution in [3.05, 3.63) is 52.4 Å². The second-order valence-electron chi connectivity index (χ2n) is 7.12. The molecule has 3 heterocycles. The van der Waals surface area contributed by atoms with Crippen LogP contribution in [0.4, 0.5) is 5.69 Å². The highest BCUT2D eigenvalue weighted by atomic mass is 35.5. The van der Waals surface area contributed by atoms with Gasteiger partial charge in [0.05, 0.1) is 23.1 Å². The number of furan rings is 1. The Kier molecular flexibility index (Phi) is 6.33. The minimum atomic E-state index is -0.321. The molecule has 4 rings (SSSR count). The van der Waals surface area contributed by atoms with Crippen molar-refractivity contribution in [2.24, 2.45) is 0 Å². The van der Waals surface area contributed by atoms with Gasteiger partial charge in [0.25, 0.3) is 11.8 Å². The molecule has 8 heteroatoms. The van der Waals surface area contributed by atoms with E-state index in [0.717, 1.165) is 32.4 Å². The summed E-state index contributed by atoms with van der Waals surface area (Å²) < 4.78 is 5.20. The van der Waals surface area contributed by atoms with E-state index in [0.29, 0.717) is 27.6 Å². The van der Waals surface area contributed by atoms with Crippen molar-refractivity contribution in [2.75, 3.05) is 18.4 Å². The summed E-state index contributed by atoms with van der Waals surface area (Å²) in [4.78, 5) is 28.0. The summed E-state index contributed by atoms with van der Waals surface area (Å²) in [6.45, 7) is 3.46. The predicted molar refractivity (Wildman–Crippen MR) is 111 cm³/mol. The van der Waals surface area contributed by atoms with Crippen LogP contribution >= 0.6 is 24.0 Å². The van der Waals surface area contributed by atoms with Crippen molar-refractivity contribution >= 4 is 41.5 Å². The molecule has 0 aliphatic carbocycles. The third-order valence-corrected chi connectivity index (χ3v) is 5.69. The molecule has 150 valence electrons. The minimum Gasteiger partial charge on any atom is -0.469 e. The van der Waals surface area contributed by atoms with Crippen LogP contribution in [0, 0.1) is 6.92 Å². The molecule has 6 nitrogen and oxygen atoms in total. The largest absolute Gasteiger partial charge is 0.469 e. The molecule has 1 aromatic carbocycles. The van der Waals surface area contributed by atoms with Gasteiger partial charge in [0.15, 0.2) is 0 Å². The quantitative estimate of drug-likeness (QED) is 0.784. The molecule has 0 radical (unpaired) electrons. The van der Waals surface area contributed by atoms with Crippen LogP contribution in [0.1, 0.15) is 45.7 Å². The highest BCUT2D eigenvalue weighted by Gasteiger charge is 2.39. The number of hydrogen-bond acceptors (Lipinski definition) is 4. The monoisotopic (exact) mass is 423 g/mol. The van der Waals surface area contributed by atoms with Gasteiger partial charge in [0.2, 0.25) is 0 Å². The zero-order valence-corrected chi connectivity index (χ0v) is 17.1. The molecule has 0 saturated carbocycles. The van der Waals surface area contributed by atoms with Gasteiger partial charge in [-0.25, -0.2) is 0 Å². The normalized spacial score (nSPS) is 21.0. The van der Waals surface area contributed by atoms with E-state index in [4.69, 9.17) is 16.0 Å². The summed E-state index contributed by atoms with van der Waals surface area (Å²) in [5, 5.41) is 6.70. The molecule has 2 amide bonds. The van der Waals surface area contributed by atoms with Crippen LogP contribution in [0.5, 0.6) is 0 Å². The molecule has 28 heavy (non-hydrogen) atoms. The average Bonchev–Trinajstić information content (AvgIpc) is 3.16. The Hall–Kier alpha value is -2.02. The number of carbonyl (C=O) groups is 2. The number of hydrogen-bond donors (Lipinski definition) is 2. The first-order valence-corrected chi connectivity index (χ1v) is 9.61. The number of benzene rings is 1. The molecule has 2 fully saturated rings. The third-order valence-electron chi connectivity index (χ3n) is 5.45. The smallest absolute Gasteiger partial charge is 0.259 e. The van der Waals surface area contributed by atoms with E-state index in [1.54, 1.807) is 31.2 Å². The van der Waals surface area contributed by atoms with E-state index in [-0.39, 0.29) is 36.3 Å². The fourth-order valence-electron chi connectivity index (χ4n) is 4.07. The number of amides is 2. The summed E-state index contributed by atoms with van der Waals surface area (Å²) in [5.41, 5.74) is 1.33. The molecule has 2 N–H and O–H groups in total. The van der Waals surface area contributed by atoms with Crippen molar-refractivity contribution in [2.45, 2.75) is 38.3 Å². The van der Waals surface area contributed by atoms with Crippen LogP contribution in [-0.4, -0.2) is 41.9 Å². The van der Waals surface area contributed by atoms with Crippen LogP contribution in [0.2, 0.25) is 5.02 Å². The molecule has 2 aliphatic heterocycles. The van der Waals surface area contributed by atoms with Gasteiger partial charge in [-0.15, -0.1) is 12.4 Å². The minimum absolute atomic E-state index is 0. The van der Waals surface area contributed by atoms with E-state index in [1.165, 1.54) is 6.26 Å². The average molecular weight is 424 g/mol. The Morgan fingerprint density at radius 3 is 2.71 bits per heavy atom. The summed E-state index contributed by atoms with van der Waals surface area (Å²) in [5.74, 6) is 0.152. The molecule has 0 spiro atoms. The van der Waals surface area contributed by atoms with Gasteiger partial charge in [-0.1, -0.05) is 11.6 Å². The first kappa shape index (κ1) is 20.7. The lowest BCUT2D eigenvalue weighted by Crippen LogP contribution is -2.42. The number of nitrogens with zero attached hydrogens (tertiary/aromatic N) is 1. The molecule has 2 aromatic rings. The molecule has 2 saturated heterocycles. The highest BCUT2D eigenvalue weighted by molar-refractivity contribution is 6.31. The third kappa shape index (κ3) is 3.90. The van der Waals surface area contributed by atoms with Crippen LogP contribution in [0.25, 0.3) is 0 Å². The fourth-order valence-corrected chi connectivity index (χ4v) is 4.24. The summed E-state index contributed by atoms with van der Waals surface area (Å²) >= 11 is 6.14. The summed E-state index contributed by atoms with van der Waals surface area (Å²) in [6, 6.07) is 7.05. The van der Waals surface area contributed by atoms with Crippen molar-refractivity contribution in [3.8, 4) is 0 Å². The SMILES string of the molecule is Cc1occc1C(=O)Nc1cc(Cl)ccc1C(=O)N1C2CCNCC1CC2.Cl. The molecule has 2 atom stereocenters. The Balaban J connectivity index is 0.00000225. The number of aryl methyl sites for hydroxylation is 1. The van der Waals surface area contributed by atoms with Gasteiger partial charge >= 0.3 is 0 Å². The predicted octanol–water partition coefficient (Wildman–Crippen LogP) is 3.88. The second-order valence-corrected chi connectivity index (χ2v) is 7.56. The van der Waals surface area contributed by atoms with Crippen molar-refractivity contribution in [1.82, 2.24) is 10.2 Å². The van der Waals surface area contributed by atoms with E-state index in [9.17, 15) is 9.59 Å². The Morgan fingerprint density at radius 2 is 1.96 bits per heavy atom. The van der Waals surface area contributed by atoms with Gasteiger partial charge in [-0.3, -0.25) is 9.59 Å². The van der Waals surface area contributed by atoms with E-state index >= 15 is 0 Å². The Morgan fingerprint density at radius 1 is 1.18 bits per heavy atom. The Bertz CT molecular complexity index is 869. The summed E-state index contributed by atoms with van der Waals surface area (Å²) in [6.07, 6.45) is 4.45. The zero-order valence-electron chi connectivity index (χ0n) is 15.5. The van der Waals surface area contributed by atoms with E-state index < -0.39 is 0 Å². The Labute approximate surface area is 175 Å². The van der Waals surface area contributed by atoms with Crippen LogP contribution in [-0.2, 0) is 0 Å². The maximum Gasteiger partial charge on any atom is 0.259 e. The fraction of sp³-hybridized carbons (Fsp3) is 0.400. The van der Waals surface area contributed by atoms with Crippen molar-refractivity contribution < 1.29 is 14.0 Å². The van der Waals surface area contributed by atoms with E-state index in [1.807, 2.05) is 4.90 Å². The van der Waals surface area contributed by atoms with Gasteiger partial charge < -0.3 is 20.0 Å². The van der Waals surface area contributed by atoms with Gasteiger partial charge in [0, 0.05) is 23.7 Å². The van der Waals surface area contributed by atoms with Gasteiger partial charge in [0.1, 0.15) is 5.76 Å². The summed E-state index contributed by atoms with van der Waals surface area (Å²) in [7, 11) is 0. The van der Waals surface area contributed by atoms with Gasteiger partial charge in [-0.05, 0) is 57.0 Å². The number of rotatable bonds is 3. The van der Waals surface area contributed by atoms with Crippen LogP contribution < -0.4 is 10.6 Å². The number of anilines is 1. The zero-order chi connectivity index (χ0) is 19.0. The number of nitrogens with one attached hydrogen (secondary N) is 2. The second kappa shape index (κ2) is 8.55. The topological polar surface area (TPSA) is 74.6 Å². The van der Waals surface area contributed by atoms with Crippen molar-refractivity contribution in [3.63, 3.8) is 0 Å². The standard InChI is InChI=1S/C20H22ClN3O3.ClH/c1-12-16(7-9-27-12)19(25)23-18-10-13(21)2-5-17(18)20(26)24-14-3-4-15(24)11-22-8-6-14;/h2,5,7,9-10,14-15,22H,3-4,6,8,11H2,1H3,(H,23,25);1H. The molecular formula is C20H23Cl2N3O3. The maximum atomic E-state index is 13.4. The first-order chi connectivity index (χ1) is 13.0. The lowest BCUT2D eigenvalue weighted by molar-refractivity contribution is 0.0681. The molecule has 2 unspecified atom stereocenters. The number of carbonyl (C=O) groups excluding carboxylic acids is 2. The lowest BCUT2D eigenvalue weighted by atomic mass is 10.1. The van der Waals surface area contributed by atoms with Crippen LogP contribution in [0.3, 0.4) is 0 Å². The number of fused-ring (bicyclic) bond motifs is 2. The molecule has 2 aliphatic rings. The van der Waals surface area contributed by atoms with Crippen LogP contribution in [0.15, 0.2) is 34.9 Å². The first-order valence-electron chi connectivity index (χ1n) is 9.23. The van der Waals surface area contributed by atoms with E-state index in [2.05, 4.69) is 10.6 Å². The van der Waals surface area contributed by atoms with Gasteiger partial charge in [-0.2, -0.15) is 0 Å². The maximum absolute atomic E-state index is 13.4. The highest BCUT2D eigenvalue weighted by Crippen LogP contribution is 2.32.